The number of carboxylic acid groups (broad SMARTS) is 1. The van der Waals surface area contributed by atoms with Gasteiger partial charge in [0.05, 0.1) is 12.1 Å². The maximum Gasteiger partial charge on any atom is 0.336 e. The molecule has 0 atom stereocenters. The van der Waals surface area contributed by atoms with Crippen molar-refractivity contribution in [3.63, 3.8) is 0 Å². The Labute approximate surface area is 161 Å². The maximum absolute atomic E-state index is 13.9. The molecule has 0 radical (unpaired) electrons. The first kappa shape index (κ1) is 19.7. The first-order chi connectivity index (χ1) is 13.4. The summed E-state index contributed by atoms with van der Waals surface area (Å²) in [7, 11) is 0. The van der Waals surface area contributed by atoms with Gasteiger partial charge in [-0.15, -0.1) is 5.10 Å². The standard InChI is InChI=1S/C21H21F2N3O2/c1-3-18-24-20(21(22,23)4-2)25-26(18)13-14-9-11-15(12-10-14)16-7-5-6-8-17(16)19(27)28/h5-12H,3-4,13H2,1-2H3,(H,27,28). The molecule has 0 aliphatic rings. The molecule has 0 amide bonds. The lowest BCUT2D eigenvalue weighted by molar-refractivity contribution is -0.0177. The Morgan fingerprint density at radius 2 is 1.79 bits per heavy atom. The zero-order valence-corrected chi connectivity index (χ0v) is 15.7. The minimum atomic E-state index is -3.04. The molecule has 0 aliphatic heterocycles. The maximum atomic E-state index is 13.9. The number of halogens is 2. The number of hydrogen-bond acceptors (Lipinski definition) is 3. The smallest absolute Gasteiger partial charge is 0.336 e. The van der Waals surface area contributed by atoms with Crippen molar-refractivity contribution in [2.75, 3.05) is 0 Å². The van der Waals surface area contributed by atoms with Crippen LogP contribution in [0.5, 0.6) is 0 Å². The SMILES string of the molecule is CCc1nc(C(F)(F)CC)nn1Cc1ccc(-c2ccccc2C(=O)O)cc1. The molecule has 1 heterocycles. The van der Waals surface area contributed by atoms with E-state index in [0.29, 0.717) is 24.4 Å². The van der Waals surface area contributed by atoms with Crippen LogP contribution in [0.15, 0.2) is 48.5 Å². The van der Waals surface area contributed by atoms with Gasteiger partial charge in [0, 0.05) is 12.8 Å². The van der Waals surface area contributed by atoms with Gasteiger partial charge in [-0.05, 0) is 22.8 Å². The van der Waals surface area contributed by atoms with E-state index < -0.39 is 17.7 Å². The van der Waals surface area contributed by atoms with E-state index in [0.717, 1.165) is 11.1 Å². The number of aromatic nitrogens is 3. The summed E-state index contributed by atoms with van der Waals surface area (Å²) < 4.78 is 29.3. The molecule has 3 rings (SSSR count). The van der Waals surface area contributed by atoms with Crippen molar-refractivity contribution in [2.45, 2.75) is 39.2 Å². The Hall–Kier alpha value is -3.09. The number of rotatable bonds is 7. The minimum Gasteiger partial charge on any atom is -0.478 e. The van der Waals surface area contributed by atoms with E-state index in [1.165, 1.54) is 11.6 Å². The molecule has 0 aliphatic carbocycles. The monoisotopic (exact) mass is 385 g/mol. The van der Waals surface area contributed by atoms with Gasteiger partial charge in [-0.3, -0.25) is 0 Å². The molecule has 3 aromatic rings. The van der Waals surface area contributed by atoms with Gasteiger partial charge in [0.25, 0.3) is 0 Å². The van der Waals surface area contributed by atoms with Gasteiger partial charge in [0.1, 0.15) is 5.82 Å². The normalized spacial score (nSPS) is 11.6. The van der Waals surface area contributed by atoms with Crippen LogP contribution in [-0.2, 0) is 18.9 Å². The summed E-state index contributed by atoms with van der Waals surface area (Å²) in [6, 6.07) is 14.1. The molecule has 0 saturated heterocycles. The molecule has 0 spiro atoms. The number of benzene rings is 2. The fourth-order valence-corrected chi connectivity index (χ4v) is 2.96. The molecule has 28 heavy (non-hydrogen) atoms. The molecule has 0 saturated carbocycles. The van der Waals surface area contributed by atoms with E-state index in [1.54, 1.807) is 24.3 Å². The highest BCUT2D eigenvalue weighted by Crippen LogP contribution is 2.29. The van der Waals surface area contributed by atoms with Crippen molar-refractivity contribution < 1.29 is 18.7 Å². The third-order valence-electron chi connectivity index (χ3n) is 4.59. The van der Waals surface area contributed by atoms with Gasteiger partial charge >= 0.3 is 11.9 Å². The van der Waals surface area contributed by atoms with Gasteiger partial charge < -0.3 is 5.11 Å². The topological polar surface area (TPSA) is 68.0 Å². The van der Waals surface area contributed by atoms with E-state index >= 15 is 0 Å². The summed E-state index contributed by atoms with van der Waals surface area (Å²) in [6.07, 6.45) is 0.148. The molecule has 7 heteroatoms. The number of aromatic carboxylic acids is 1. The average molecular weight is 385 g/mol. The third-order valence-corrected chi connectivity index (χ3v) is 4.59. The molecule has 1 N–H and O–H groups in total. The van der Waals surface area contributed by atoms with Crippen molar-refractivity contribution >= 4 is 5.97 Å². The second-order valence-corrected chi connectivity index (χ2v) is 6.47. The number of hydrogen-bond donors (Lipinski definition) is 1. The number of aryl methyl sites for hydroxylation is 1. The Kier molecular flexibility index (Phi) is 5.53. The fraction of sp³-hybridized carbons (Fsp3) is 0.286. The van der Waals surface area contributed by atoms with Crippen LogP contribution < -0.4 is 0 Å². The van der Waals surface area contributed by atoms with Gasteiger partial charge in [-0.2, -0.15) is 8.78 Å². The van der Waals surface area contributed by atoms with Crippen LogP contribution in [0.1, 0.15) is 47.8 Å². The zero-order chi connectivity index (χ0) is 20.3. The lowest BCUT2D eigenvalue weighted by Crippen LogP contribution is -2.14. The summed E-state index contributed by atoms with van der Waals surface area (Å²) in [5, 5.41) is 13.4. The van der Waals surface area contributed by atoms with Crippen LogP contribution in [-0.4, -0.2) is 25.8 Å². The summed E-state index contributed by atoms with van der Waals surface area (Å²) in [6.45, 7) is 3.57. The van der Waals surface area contributed by atoms with Crippen molar-refractivity contribution in [3.8, 4) is 11.1 Å². The van der Waals surface area contributed by atoms with E-state index in [9.17, 15) is 18.7 Å². The molecule has 5 nitrogen and oxygen atoms in total. The van der Waals surface area contributed by atoms with E-state index in [2.05, 4.69) is 10.1 Å². The Balaban J connectivity index is 1.87. The molecule has 0 bridgehead atoms. The van der Waals surface area contributed by atoms with Gasteiger partial charge in [0.2, 0.25) is 5.82 Å². The second-order valence-electron chi connectivity index (χ2n) is 6.47. The largest absolute Gasteiger partial charge is 0.478 e. The summed E-state index contributed by atoms with van der Waals surface area (Å²) in [4.78, 5) is 15.4. The third kappa shape index (κ3) is 3.93. The van der Waals surface area contributed by atoms with E-state index in [1.807, 2.05) is 31.2 Å². The highest BCUT2D eigenvalue weighted by atomic mass is 19.3. The molecule has 0 unspecified atom stereocenters. The van der Waals surface area contributed by atoms with Crippen LogP contribution in [0.3, 0.4) is 0 Å². The van der Waals surface area contributed by atoms with Crippen LogP contribution in [0, 0.1) is 0 Å². The predicted molar refractivity (Wildman–Crippen MR) is 102 cm³/mol. The van der Waals surface area contributed by atoms with Crippen molar-refractivity contribution in [1.82, 2.24) is 14.8 Å². The van der Waals surface area contributed by atoms with Crippen LogP contribution >= 0.6 is 0 Å². The summed E-state index contributed by atoms with van der Waals surface area (Å²) in [5.41, 5.74) is 2.49. The highest BCUT2D eigenvalue weighted by molar-refractivity contribution is 5.95. The highest BCUT2D eigenvalue weighted by Gasteiger charge is 2.34. The van der Waals surface area contributed by atoms with Crippen molar-refractivity contribution in [1.29, 1.82) is 0 Å². The predicted octanol–water partition coefficient (Wildman–Crippen LogP) is 4.76. The quantitative estimate of drug-likeness (QED) is 0.637. The first-order valence-electron chi connectivity index (χ1n) is 9.09. The number of alkyl halides is 2. The summed E-state index contributed by atoms with van der Waals surface area (Å²) in [5.74, 6) is -3.97. The van der Waals surface area contributed by atoms with Crippen LogP contribution in [0.4, 0.5) is 8.78 Å². The fourth-order valence-electron chi connectivity index (χ4n) is 2.96. The molecule has 2 aromatic carbocycles. The lowest BCUT2D eigenvalue weighted by Gasteiger charge is -2.09. The molecule has 1 aromatic heterocycles. The van der Waals surface area contributed by atoms with Gasteiger partial charge in [-0.1, -0.05) is 56.3 Å². The molecule has 0 fully saturated rings. The van der Waals surface area contributed by atoms with Gasteiger partial charge in [0.15, 0.2) is 0 Å². The Morgan fingerprint density at radius 1 is 1.11 bits per heavy atom. The van der Waals surface area contributed by atoms with Gasteiger partial charge in [-0.25, -0.2) is 14.5 Å². The Bertz CT molecular complexity index is 982. The number of carbonyl (C=O) groups is 1. The van der Waals surface area contributed by atoms with Crippen LogP contribution in [0.2, 0.25) is 0 Å². The number of nitrogens with zero attached hydrogens (tertiary/aromatic N) is 3. The molecule has 146 valence electrons. The first-order valence-corrected chi connectivity index (χ1v) is 9.09. The van der Waals surface area contributed by atoms with Crippen LogP contribution in [0.25, 0.3) is 11.1 Å². The van der Waals surface area contributed by atoms with Crippen molar-refractivity contribution in [2.24, 2.45) is 0 Å². The molecular weight excluding hydrogens is 364 g/mol. The molecular formula is C21H21F2N3O2. The Morgan fingerprint density at radius 3 is 2.39 bits per heavy atom. The minimum absolute atomic E-state index is 0.228. The van der Waals surface area contributed by atoms with Crippen molar-refractivity contribution in [3.05, 3.63) is 71.3 Å². The zero-order valence-electron chi connectivity index (χ0n) is 15.7. The van der Waals surface area contributed by atoms with E-state index in [4.69, 9.17) is 0 Å². The lowest BCUT2D eigenvalue weighted by atomic mass is 9.99. The van der Waals surface area contributed by atoms with E-state index in [-0.39, 0.29) is 12.0 Å². The average Bonchev–Trinajstić information content (AvgIpc) is 3.12. The summed E-state index contributed by atoms with van der Waals surface area (Å²) >= 11 is 0. The number of carboxylic acids is 1. The second kappa shape index (κ2) is 7.88.